The van der Waals surface area contributed by atoms with Crippen LogP contribution in [0, 0.1) is 0 Å². The van der Waals surface area contributed by atoms with E-state index in [1.54, 1.807) is 0 Å². The molecule has 2 aromatic carbocycles. The molecule has 1 N–H and O–H groups in total. The van der Waals surface area contributed by atoms with E-state index in [2.05, 4.69) is 65.7 Å². The zero-order chi connectivity index (χ0) is 12.6. The van der Waals surface area contributed by atoms with Crippen molar-refractivity contribution in [2.75, 3.05) is 0 Å². The van der Waals surface area contributed by atoms with Gasteiger partial charge in [-0.1, -0.05) is 55.5 Å². The van der Waals surface area contributed by atoms with Crippen LogP contribution in [0.2, 0.25) is 0 Å². The summed E-state index contributed by atoms with van der Waals surface area (Å²) >= 11 is 0. The summed E-state index contributed by atoms with van der Waals surface area (Å²) in [6.07, 6.45) is 0. The monoisotopic (exact) mass is 237 g/mol. The van der Waals surface area contributed by atoms with Gasteiger partial charge in [-0.25, -0.2) is 0 Å². The van der Waals surface area contributed by atoms with Crippen molar-refractivity contribution in [3.8, 4) is 0 Å². The van der Waals surface area contributed by atoms with Gasteiger partial charge in [0.05, 0.1) is 5.52 Å². The summed E-state index contributed by atoms with van der Waals surface area (Å²) < 4.78 is 0. The van der Waals surface area contributed by atoms with Gasteiger partial charge >= 0.3 is 0 Å². The first kappa shape index (κ1) is 11.0. The van der Waals surface area contributed by atoms with Gasteiger partial charge in [-0.3, -0.25) is 5.10 Å². The summed E-state index contributed by atoms with van der Waals surface area (Å²) in [4.78, 5) is 0. The Bertz CT molecular complexity index is 668. The third kappa shape index (κ3) is 1.68. The molecular formula is C15H15N3. The second-order valence-electron chi connectivity index (χ2n) is 5.03. The lowest BCUT2D eigenvalue weighted by Crippen LogP contribution is -2.18. The van der Waals surface area contributed by atoms with Crippen LogP contribution in [0.4, 0.5) is 0 Å². The van der Waals surface area contributed by atoms with Crippen LogP contribution in [-0.4, -0.2) is 15.4 Å². The summed E-state index contributed by atoms with van der Waals surface area (Å²) in [6.45, 7) is 4.45. The maximum absolute atomic E-state index is 4.08. The lowest BCUT2D eigenvalue weighted by atomic mass is 9.78. The number of rotatable bonds is 2. The second kappa shape index (κ2) is 3.95. The lowest BCUT2D eigenvalue weighted by Gasteiger charge is -2.26. The quantitative estimate of drug-likeness (QED) is 0.743. The van der Waals surface area contributed by atoms with E-state index < -0.39 is 0 Å². The summed E-state index contributed by atoms with van der Waals surface area (Å²) in [6, 6.07) is 16.8. The molecule has 0 aliphatic heterocycles. The Balaban J connectivity index is 2.12. The van der Waals surface area contributed by atoms with Crippen molar-refractivity contribution in [2.45, 2.75) is 19.3 Å². The standard InChI is InChI=1S/C15H15N3/c1-15(2,11-6-4-3-5-7-11)12-8-9-13-14(10-12)17-18-16-13/h3-10H,1-2H3,(H,16,17,18). The Morgan fingerprint density at radius 1 is 0.944 bits per heavy atom. The van der Waals surface area contributed by atoms with Crippen molar-refractivity contribution in [1.82, 2.24) is 15.4 Å². The average Bonchev–Trinajstić information content (AvgIpc) is 2.87. The first-order valence-electron chi connectivity index (χ1n) is 6.05. The largest absolute Gasteiger partial charge is 0.258 e. The minimum atomic E-state index is -0.0333. The number of aromatic nitrogens is 3. The molecule has 3 aromatic rings. The van der Waals surface area contributed by atoms with E-state index in [-0.39, 0.29) is 5.41 Å². The minimum absolute atomic E-state index is 0.0333. The molecule has 0 bridgehead atoms. The van der Waals surface area contributed by atoms with E-state index >= 15 is 0 Å². The Hall–Kier alpha value is -2.16. The maximum Gasteiger partial charge on any atom is 0.113 e. The number of hydrogen-bond donors (Lipinski definition) is 1. The number of H-pyrrole nitrogens is 1. The van der Waals surface area contributed by atoms with Crippen LogP contribution >= 0.6 is 0 Å². The summed E-state index contributed by atoms with van der Waals surface area (Å²) in [7, 11) is 0. The van der Waals surface area contributed by atoms with Gasteiger partial charge in [0.25, 0.3) is 0 Å². The highest BCUT2D eigenvalue weighted by Crippen LogP contribution is 2.32. The smallest absolute Gasteiger partial charge is 0.113 e. The molecule has 3 rings (SSSR count). The van der Waals surface area contributed by atoms with E-state index in [1.807, 2.05) is 12.1 Å². The van der Waals surface area contributed by atoms with E-state index in [0.717, 1.165) is 11.0 Å². The molecule has 18 heavy (non-hydrogen) atoms. The van der Waals surface area contributed by atoms with Gasteiger partial charge < -0.3 is 0 Å². The zero-order valence-corrected chi connectivity index (χ0v) is 10.5. The van der Waals surface area contributed by atoms with Crippen molar-refractivity contribution >= 4 is 11.0 Å². The summed E-state index contributed by atoms with van der Waals surface area (Å²) in [5.41, 5.74) is 4.40. The van der Waals surface area contributed by atoms with E-state index in [0.29, 0.717) is 0 Å². The molecule has 3 nitrogen and oxygen atoms in total. The second-order valence-corrected chi connectivity index (χ2v) is 5.03. The average molecular weight is 237 g/mol. The minimum Gasteiger partial charge on any atom is -0.258 e. The number of nitrogens with one attached hydrogen (secondary N) is 1. The molecule has 1 heterocycles. The van der Waals surface area contributed by atoms with Gasteiger partial charge in [0.1, 0.15) is 5.52 Å². The van der Waals surface area contributed by atoms with Crippen LogP contribution in [0.5, 0.6) is 0 Å². The van der Waals surface area contributed by atoms with E-state index in [9.17, 15) is 0 Å². The first-order valence-corrected chi connectivity index (χ1v) is 6.05. The fourth-order valence-electron chi connectivity index (χ4n) is 2.25. The van der Waals surface area contributed by atoms with Crippen molar-refractivity contribution in [1.29, 1.82) is 0 Å². The fourth-order valence-corrected chi connectivity index (χ4v) is 2.25. The normalized spacial score (nSPS) is 11.9. The number of hydrogen-bond acceptors (Lipinski definition) is 2. The molecule has 1 aromatic heterocycles. The van der Waals surface area contributed by atoms with Crippen LogP contribution in [0.15, 0.2) is 48.5 Å². The third-order valence-corrected chi connectivity index (χ3v) is 3.54. The van der Waals surface area contributed by atoms with Gasteiger partial charge in [-0.15, -0.1) is 5.10 Å². The van der Waals surface area contributed by atoms with Crippen molar-refractivity contribution in [3.05, 3.63) is 59.7 Å². The molecule has 0 spiro atoms. The highest BCUT2D eigenvalue weighted by molar-refractivity contribution is 5.74. The summed E-state index contributed by atoms with van der Waals surface area (Å²) in [5, 5.41) is 10.8. The molecule has 0 fully saturated rings. The lowest BCUT2D eigenvalue weighted by molar-refractivity contribution is 0.641. The number of benzene rings is 2. The Morgan fingerprint density at radius 2 is 1.72 bits per heavy atom. The van der Waals surface area contributed by atoms with E-state index in [4.69, 9.17) is 0 Å². The summed E-state index contributed by atoms with van der Waals surface area (Å²) in [5.74, 6) is 0. The molecule has 0 saturated carbocycles. The maximum atomic E-state index is 4.08. The number of nitrogens with zero attached hydrogens (tertiary/aromatic N) is 2. The van der Waals surface area contributed by atoms with Crippen LogP contribution in [0.3, 0.4) is 0 Å². The van der Waals surface area contributed by atoms with Crippen molar-refractivity contribution < 1.29 is 0 Å². The first-order chi connectivity index (χ1) is 8.68. The van der Waals surface area contributed by atoms with Gasteiger partial charge in [0.2, 0.25) is 0 Å². The SMILES string of the molecule is CC(C)(c1ccccc1)c1ccc2[nH]nnc2c1. The van der Waals surface area contributed by atoms with Gasteiger partial charge in [0, 0.05) is 5.41 Å². The number of fused-ring (bicyclic) bond motifs is 1. The van der Waals surface area contributed by atoms with Gasteiger partial charge in [0.15, 0.2) is 0 Å². The Morgan fingerprint density at radius 3 is 2.50 bits per heavy atom. The molecule has 0 aliphatic carbocycles. The predicted octanol–water partition coefficient (Wildman–Crippen LogP) is 3.28. The van der Waals surface area contributed by atoms with Crippen LogP contribution in [0.25, 0.3) is 11.0 Å². The molecule has 0 saturated heterocycles. The molecule has 3 heteroatoms. The molecule has 0 unspecified atom stereocenters. The number of aromatic amines is 1. The van der Waals surface area contributed by atoms with Crippen LogP contribution in [0.1, 0.15) is 25.0 Å². The fraction of sp³-hybridized carbons (Fsp3) is 0.200. The Kier molecular flexibility index (Phi) is 2.40. The molecule has 0 radical (unpaired) electrons. The Labute approximate surface area is 106 Å². The highest BCUT2D eigenvalue weighted by atomic mass is 15.3. The molecule has 0 atom stereocenters. The third-order valence-electron chi connectivity index (χ3n) is 3.54. The molecule has 0 amide bonds. The van der Waals surface area contributed by atoms with E-state index in [1.165, 1.54) is 11.1 Å². The van der Waals surface area contributed by atoms with Gasteiger partial charge in [-0.05, 0) is 23.3 Å². The molecule has 90 valence electrons. The van der Waals surface area contributed by atoms with Crippen LogP contribution in [-0.2, 0) is 5.41 Å². The highest BCUT2D eigenvalue weighted by Gasteiger charge is 2.23. The topological polar surface area (TPSA) is 41.6 Å². The van der Waals surface area contributed by atoms with Crippen molar-refractivity contribution in [2.24, 2.45) is 0 Å². The molecule has 0 aliphatic rings. The van der Waals surface area contributed by atoms with Crippen LogP contribution < -0.4 is 0 Å². The van der Waals surface area contributed by atoms with Crippen molar-refractivity contribution in [3.63, 3.8) is 0 Å². The zero-order valence-electron chi connectivity index (χ0n) is 10.5. The predicted molar refractivity (Wildman–Crippen MR) is 72.5 cm³/mol. The molecular weight excluding hydrogens is 222 g/mol. The van der Waals surface area contributed by atoms with Gasteiger partial charge in [-0.2, -0.15) is 0 Å².